The van der Waals surface area contributed by atoms with Gasteiger partial charge in [0.2, 0.25) is 5.06 Å². The van der Waals surface area contributed by atoms with E-state index < -0.39 is 6.09 Å². The zero-order valence-corrected chi connectivity index (χ0v) is 24.6. The number of nitrogens with zero attached hydrogens (tertiary/aromatic N) is 3. The van der Waals surface area contributed by atoms with Crippen LogP contribution in [0.25, 0.3) is 0 Å². The lowest BCUT2D eigenvalue weighted by Gasteiger charge is -2.30. The Hall–Kier alpha value is -3.14. The molecule has 2 atom stereocenters. The molecule has 3 heterocycles. The van der Waals surface area contributed by atoms with Crippen LogP contribution in [0.2, 0.25) is 0 Å². The summed E-state index contributed by atoms with van der Waals surface area (Å²) < 4.78 is 32.3. The average Bonchev–Trinajstić information content (AvgIpc) is 3.27. The molecule has 3 fully saturated rings. The number of halogens is 1. The zero-order chi connectivity index (χ0) is 28.3. The first kappa shape index (κ1) is 28.0. The molecule has 2 saturated heterocycles. The first-order chi connectivity index (χ1) is 20.0. The van der Waals surface area contributed by atoms with Crippen molar-refractivity contribution in [3.05, 3.63) is 70.9 Å². The van der Waals surface area contributed by atoms with Crippen LogP contribution in [0.5, 0.6) is 10.8 Å². The summed E-state index contributed by atoms with van der Waals surface area (Å²) in [4.78, 5) is 19.7. The van der Waals surface area contributed by atoms with Gasteiger partial charge in [-0.15, -0.1) is 11.3 Å². The summed E-state index contributed by atoms with van der Waals surface area (Å²) in [6.45, 7) is 10.5. The van der Waals surface area contributed by atoms with Gasteiger partial charge in [-0.05, 0) is 71.9 Å². The van der Waals surface area contributed by atoms with E-state index in [4.69, 9.17) is 14.2 Å². The summed E-state index contributed by atoms with van der Waals surface area (Å²) in [5.41, 5.74) is 3.74. The van der Waals surface area contributed by atoms with Crippen LogP contribution in [0.1, 0.15) is 25.0 Å². The molecule has 2 aromatic carbocycles. The molecule has 6 rings (SSSR count). The lowest BCUT2D eigenvalue weighted by Crippen LogP contribution is -2.38. The van der Waals surface area contributed by atoms with Gasteiger partial charge in [-0.25, -0.2) is 9.18 Å². The van der Waals surface area contributed by atoms with Gasteiger partial charge in [-0.2, -0.15) is 0 Å². The van der Waals surface area contributed by atoms with E-state index in [9.17, 15) is 4.79 Å². The van der Waals surface area contributed by atoms with E-state index in [-0.39, 0.29) is 5.82 Å². The maximum atomic E-state index is 15.4. The largest absolute Gasteiger partial charge is 0.489 e. The second-order valence-corrected chi connectivity index (χ2v) is 12.0. The van der Waals surface area contributed by atoms with Crippen LogP contribution in [0, 0.1) is 23.6 Å². The van der Waals surface area contributed by atoms with Crippen molar-refractivity contribution in [2.24, 2.45) is 17.8 Å². The van der Waals surface area contributed by atoms with Crippen molar-refractivity contribution >= 4 is 28.8 Å². The van der Waals surface area contributed by atoms with E-state index in [0.29, 0.717) is 79.4 Å². The second kappa shape index (κ2) is 12.4. The predicted octanol–water partition coefficient (Wildman–Crippen LogP) is 6.07. The molecule has 1 amide bonds. The molecular formula is C32H38FN3O4S. The molecule has 1 aromatic heterocycles. The molecule has 0 spiro atoms. The highest BCUT2D eigenvalue weighted by atomic mass is 32.1. The fraction of sp³-hybridized carbons (Fsp3) is 0.469. The maximum Gasteiger partial charge on any atom is 0.420 e. The van der Waals surface area contributed by atoms with E-state index in [0.717, 1.165) is 26.1 Å². The average molecular weight is 580 g/mol. The van der Waals surface area contributed by atoms with Gasteiger partial charge in [-0.1, -0.05) is 31.2 Å². The van der Waals surface area contributed by atoms with Gasteiger partial charge in [0.05, 0.1) is 31.2 Å². The van der Waals surface area contributed by atoms with Crippen LogP contribution in [0.3, 0.4) is 0 Å². The third kappa shape index (κ3) is 6.22. The standard InChI is InChI=1S/C32H38FN3O4S/c1-3-22-5-7-23(8-6-22)18-34-19-25-26(20-34)27(25)21-36(32(37)40-31-30(39-4-2)11-16-41-31)24-9-10-29(28(33)17-24)35-12-14-38-15-13-35/h5-11,16-17,25-27H,3-4,12-15,18-21H2,1-2H3. The number of fused-ring (bicyclic) bond motifs is 1. The van der Waals surface area contributed by atoms with E-state index in [1.807, 2.05) is 23.3 Å². The minimum atomic E-state index is -0.509. The second-order valence-electron chi connectivity index (χ2n) is 11.1. The molecule has 0 bridgehead atoms. The Morgan fingerprint density at radius 2 is 1.78 bits per heavy atom. The normalized spacial score (nSPS) is 21.9. The molecule has 218 valence electrons. The Morgan fingerprint density at radius 1 is 1.05 bits per heavy atom. The highest BCUT2D eigenvalue weighted by Gasteiger charge is 2.56. The Kier molecular flexibility index (Phi) is 8.46. The smallest absolute Gasteiger partial charge is 0.420 e. The van der Waals surface area contributed by atoms with E-state index in [2.05, 4.69) is 36.1 Å². The number of hydrogen-bond donors (Lipinski definition) is 0. The first-order valence-corrected chi connectivity index (χ1v) is 15.5. The SMILES string of the molecule is CCOc1ccsc1OC(=O)N(CC1C2CN(Cc3ccc(CC)cc3)CC21)c1ccc(N2CCOCC2)c(F)c1. The van der Waals surface area contributed by atoms with Crippen LogP contribution >= 0.6 is 11.3 Å². The number of morpholine rings is 1. The molecule has 9 heteroatoms. The Bertz CT molecular complexity index is 1330. The molecular weight excluding hydrogens is 541 g/mol. The molecule has 2 aliphatic heterocycles. The minimum Gasteiger partial charge on any atom is -0.489 e. The van der Waals surface area contributed by atoms with Crippen LogP contribution in [0.15, 0.2) is 53.9 Å². The first-order valence-electron chi connectivity index (χ1n) is 14.7. The van der Waals surface area contributed by atoms with Crippen molar-refractivity contribution < 1.29 is 23.4 Å². The monoisotopic (exact) mass is 579 g/mol. The summed E-state index contributed by atoms with van der Waals surface area (Å²) in [5.74, 6) is 1.62. The number of piperidine rings is 1. The third-order valence-electron chi connectivity index (χ3n) is 8.57. The van der Waals surface area contributed by atoms with E-state index in [1.54, 1.807) is 17.0 Å². The van der Waals surface area contributed by atoms with Gasteiger partial charge in [0.15, 0.2) is 5.75 Å². The number of likely N-dealkylation sites (tertiary alicyclic amines) is 1. The quantitative estimate of drug-likeness (QED) is 0.291. The van der Waals surface area contributed by atoms with Gasteiger partial charge in [0.1, 0.15) is 5.82 Å². The highest BCUT2D eigenvalue weighted by Crippen LogP contribution is 2.52. The van der Waals surface area contributed by atoms with Crippen LogP contribution in [-0.2, 0) is 17.7 Å². The molecule has 1 aliphatic carbocycles. The molecule has 3 aliphatic rings. The summed E-state index contributed by atoms with van der Waals surface area (Å²) in [6.07, 6.45) is 0.540. The molecule has 7 nitrogen and oxygen atoms in total. The number of carbonyl (C=O) groups is 1. The highest BCUT2D eigenvalue weighted by molar-refractivity contribution is 7.12. The fourth-order valence-electron chi connectivity index (χ4n) is 6.25. The minimum absolute atomic E-state index is 0.343. The van der Waals surface area contributed by atoms with Crippen LogP contribution < -0.4 is 19.3 Å². The number of anilines is 2. The number of hydrogen-bond acceptors (Lipinski definition) is 7. The van der Waals surface area contributed by atoms with Crippen molar-refractivity contribution in [2.45, 2.75) is 26.8 Å². The van der Waals surface area contributed by atoms with Gasteiger partial charge >= 0.3 is 6.09 Å². The fourth-order valence-corrected chi connectivity index (χ4v) is 6.93. The number of benzene rings is 2. The van der Waals surface area contributed by atoms with Gasteiger partial charge in [-0.3, -0.25) is 9.80 Å². The predicted molar refractivity (Wildman–Crippen MR) is 160 cm³/mol. The number of carbonyl (C=O) groups excluding carboxylic acids is 1. The summed E-state index contributed by atoms with van der Waals surface area (Å²) >= 11 is 1.32. The summed E-state index contributed by atoms with van der Waals surface area (Å²) in [5, 5.41) is 2.26. The van der Waals surface area contributed by atoms with Crippen molar-refractivity contribution in [1.82, 2.24) is 4.90 Å². The van der Waals surface area contributed by atoms with Crippen molar-refractivity contribution in [3.63, 3.8) is 0 Å². The zero-order valence-electron chi connectivity index (χ0n) is 23.8. The Balaban J connectivity index is 1.15. The lowest BCUT2D eigenvalue weighted by molar-refractivity contribution is 0.122. The molecule has 41 heavy (non-hydrogen) atoms. The molecule has 3 aromatic rings. The molecule has 2 unspecified atom stereocenters. The molecule has 0 radical (unpaired) electrons. The topological polar surface area (TPSA) is 54.5 Å². The lowest BCUT2D eigenvalue weighted by atomic mass is 10.1. The third-order valence-corrected chi connectivity index (χ3v) is 9.34. The van der Waals surface area contributed by atoms with Crippen LogP contribution in [0.4, 0.5) is 20.6 Å². The van der Waals surface area contributed by atoms with E-state index in [1.165, 1.54) is 28.5 Å². The Morgan fingerprint density at radius 3 is 2.46 bits per heavy atom. The van der Waals surface area contributed by atoms with Gasteiger partial charge in [0, 0.05) is 39.3 Å². The summed E-state index contributed by atoms with van der Waals surface area (Å²) in [7, 11) is 0. The van der Waals surface area contributed by atoms with Gasteiger partial charge < -0.3 is 19.1 Å². The molecule has 0 N–H and O–H groups in total. The number of rotatable bonds is 10. The summed E-state index contributed by atoms with van der Waals surface area (Å²) in [6, 6.07) is 15.8. The number of amides is 1. The van der Waals surface area contributed by atoms with Gasteiger partial charge in [0.25, 0.3) is 0 Å². The van der Waals surface area contributed by atoms with Crippen molar-refractivity contribution in [2.75, 3.05) is 62.3 Å². The molecule has 1 saturated carbocycles. The van der Waals surface area contributed by atoms with Crippen molar-refractivity contribution in [1.29, 1.82) is 0 Å². The van der Waals surface area contributed by atoms with E-state index >= 15 is 4.39 Å². The van der Waals surface area contributed by atoms with Crippen molar-refractivity contribution in [3.8, 4) is 10.8 Å². The number of ether oxygens (including phenoxy) is 3. The number of aryl methyl sites for hydroxylation is 1. The number of thiophene rings is 1. The maximum absolute atomic E-state index is 15.4. The van der Waals surface area contributed by atoms with Crippen LogP contribution in [-0.4, -0.2) is 63.5 Å². The Labute approximate surface area is 245 Å².